The van der Waals surface area contributed by atoms with Crippen molar-refractivity contribution in [1.29, 1.82) is 0 Å². The molecule has 0 spiro atoms. The molecule has 0 bridgehead atoms. The van der Waals surface area contributed by atoms with Gasteiger partial charge >= 0.3 is 11.9 Å². The molecule has 2 rings (SSSR count). The second kappa shape index (κ2) is 14.0. The molecule has 0 saturated carbocycles. The van der Waals surface area contributed by atoms with Crippen LogP contribution in [0.1, 0.15) is 116 Å². The van der Waals surface area contributed by atoms with Gasteiger partial charge in [0.2, 0.25) is 0 Å². The summed E-state index contributed by atoms with van der Waals surface area (Å²) in [6.07, 6.45) is 0.277. The molecule has 2 aromatic rings. The largest absolute Gasteiger partial charge is 0.507 e. The molecule has 0 atom stereocenters. The van der Waals surface area contributed by atoms with Gasteiger partial charge in [0.1, 0.15) is 24.7 Å². The minimum atomic E-state index is -0.310. The quantitative estimate of drug-likeness (QED) is 0.208. The Balaban J connectivity index is 1.84. The van der Waals surface area contributed by atoms with Crippen molar-refractivity contribution >= 4 is 23.7 Å². The van der Waals surface area contributed by atoms with E-state index in [4.69, 9.17) is 9.47 Å². The lowest BCUT2D eigenvalue weighted by Gasteiger charge is -2.28. The third-order valence-electron chi connectivity index (χ3n) is 7.25. The van der Waals surface area contributed by atoms with Crippen molar-refractivity contribution in [3.63, 3.8) is 0 Å². The van der Waals surface area contributed by atoms with Gasteiger partial charge in [-0.25, -0.2) is 0 Å². The van der Waals surface area contributed by atoms with Gasteiger partial charge in [-0.3, -0.25) is 9.59 Å². The zero-order valence-electron chi connectivity index (χ0n) is 28.5. The lowest BCUT2D eigenvalue weighted by atomic mass is 9.78. The Morgan fingerprint density at radius 2 is 0.814 bits per heavy atom. The fourth-order valence-electron chi connectivity index (χ4n) is 4.85. The van der Waals surface area contributed by atoms with E-state index in [2.05, 4.69) is 0 Å². The molecular weight excluding hydrogens is 560 g/mol. The van der Waals surface area contributed by atoms with Gasteiger partial charge < -0.3 is 19.7 Å². The normalized spacial score (nSPS) is 12.7. The number of esters is 2. The summed E-state index contributed by atoms with van der Waals surface area (Å²) in [5, 5.41) is 21.8. The number of phenols is 2. The summed E-state index contributed by atoms with van der Waals surface area (Å²) in [7, 11) is 0. The molecule has 2 N–H and O–H groups in total. The first-order valence-electron chi connectivity index (χ1n) is 15.1. The monoisotopic (exact) mass is 614 g/mol. The maximum atomic E-state index is 12.6. The Morgan fingerprint density at radius 1 is 0.558 bits per heavy atom. The number of thioether (sulfide) groups is 1. The molecule has 0 amide bonds. The maximum Gasteiger partial charge on any atom is 0.310 e. The number of aromatic hydroxyl groups is 2. The summed E-state index contributed by atoms with van der Waals surface area (Å²) in [6.45, 7) is 25.1. The van der Waals surface area contributed by atoms with E-state index >= 15 is 0 Å². The summed E-state index contributed by atoms with van der Waals surface area (Å²) >= 11 is 1.56. The van der Waals surface area contributed by atoms with Crippen molar-refractivity contribution < 1.29 is 29.3 Å². The Labute approximate surface area is 264 Å². The summed E-state index contributed by atoms with van der Waals surface area (Å²) in [6, 6.07) is 7.61. The molecule has 0 aliphatic rings. The maximum absolute atomic E-state index is 12.6. The topological polar surface area (TPSA) is 93.1 Å². The van der Waals surface area contributed by atoms with Crippen molar-refractivity contribution in [2.24, 2.45) is 0 Å². The van der Waals surface area contributed by atoms with Gasteiger partial charge in [-0.2, -0.15) is 11.8 Å². The molecular formula is C36H54O6S. The third-order valence-corrected chi connectivity index (χ3v) is 8.16. The van der Waals surface area contributed by atoms with Crippen LogP contribution in [0.25, 0.3) is 0 Å². The van der Waals surface area contributed by atoms with Crippen LogP contribution in [0.15, 0.2) is 24.3 Å². The van der Waals surface area contributed by atoms with Gasteiger partial charge in [0, 0.05) is 11.5 Å². The predicted octanol–water partition coefficient (Wildman–Crippen LogP) is 7.89. The standard InChI is InChI=1S/C36H54O6S/c1-33(2,3)25-17-23(18-26(31(25)39)34(4,5)6)21-29(37)41-13-15-43-16-14-42-30(38)22-24-19-27(35(7,8)9)32(40)28(20-24)36(10,11)12/h17-20,39-40H,13-16,21-22H2,1-12H3. The average molecular weight is 615 g/mol. The van der Waals surface area contributed by atoms with E-state index in [1.54, 1.807) is 11.8 Å². The summed E-state index contributed by atoms with van der Waals surface area (Å²) < 4.78 is 10.9. The van der Waals surface area contributed by atoms with E-state index in [0.717, 1.165) is 33.4 Å². The van der Waals surface area contributed by atoms with Crippen molar-refractivity contribution in [3.8, 4) is 11.5 Å². The van der Waals surface area contributed by atoms with E-state index < -0.39 is 0 Å². The molecule has 2 aromatic carbocycles. The summed E-state index contributed by atoms with van der Waals surface area (Å²) in [5.74, 6) is 1.16. The summed E-state index contributed by atoms with van der Waals surface area (Å²) in [4.78, 5) is 25.2. The Hall–Kier alpha value is -2.67. The molecule has 0 aliphatic carbocycles. The molecule has 7 heteroatoms. The van der Waals surface area contributed by atoms with Crippen LogP contribution in [0, 0.1) is 0 Å². The highest BCUT2D eigenvalue weighted by molar-refractivity contribution is 7.99. The second-order valence-corrected chi connectivity index (χ2v) is 16.7. The Morgan fingerprint density at radius 3 is 1.05 bits per heavy atom. The minimum Gasteiger partial charge on any atom is -0.507 e. The van der Waals surface area contributed by atoms with Gasteiger partial charge in [0.05, 0.1) is 12.8 Å². The lowest BCUT2D eigenvalue weighted by molar-refractivity contribution is -0.143. The molecule has 0 fully saturated rings. The van der Waals surface area contributed by atoms with Crippen molar-refractivity contribution in [1.82, 2.24) is 0 Å². The van der Waals surface area contributed by atoms with E-state index in [9.17, 15) is 19.8 Å². The fraction of sp³-hybridized carbons (Fsp3) is 0.611. The van der Waals surface area contributed by atoms with Gasteiger partial charge in [0.15, 0.2) is 0 Å². The van der Waals surface area contributed by atoms with Crippen molar-refractivity contribution in [2.75, 3.05) is 24.7 Å². The van der Waals surface area contributed by atoms with Crippen molar-refractivity contribution in [3.05, 3.63) is 57.6 Å². The van der Waals surface area contributed by atoms with Crippen LogP contribution in [-0.4, -0.2) is 46.9 Å². The first-order chi connectivity index (χ1) is 19.5. The van der Waals surface area contributed by atoms with Crippen LogP contribution in [0.4, 0.5) is 0 Å². The number of carbonyl (C=O) groups is 2. The number of carbonyl (C=O) groups excluding carboxylic acids is 2. The number of hydrogen-bond acceptors (Lipinski definition) is 7. The number of ether oxygens (including phenoxy) is 2. The molecule has 0 unspecified atom stereocenters. The Bertz CT molecular complexity index is 1110. The fourth-order valence-corrected chi connectivity index (χ4v) is 5.45. The molecule has 0 heterocycles. The lowest BCUT2D eigenvalue weighted by Crippen LogP contribution is -2.19. The van der Waals surface area contributed by atoms with E-state index in [1.807, 2.05) is 107 Å². The van der Waals surface area contributed by atoms with E-state index in [1.165, 1.54) is 0 Å². The highest BCUT2D eigenvalue weighted by Gasteiger charge is 2.28. The first kappa shape index (κ1) is 36.5. The smallest absolute Gasteiger partial charge is 0.310 e. The molecule has 240 valence electrons. The van der Waals surface area contributed by atoms with Gasteiger partial charge in [-0.15, -0.1) is 0 Å². The zero-order chi connectivity index (χ0) is 33.0. The van der Waals surface area contributed by atoms with E-state index in [0.29, 0.717) is 23.0 Å². The van der Waals surface area contributed by atoms with Crippen molar-refractivity contribution in [2.45, 2.75) is 118 Å². The number of benzene rings is 2. The highest BCUT2D eigenvalue weighted by atomic mass is 32.2. The summed E-state index contributed by atoms with van der Waals surface area (Å²) in [5.41, 5.74) is 3.88. The van der Waals surface area contributed by atoms with Crippen LogP contribution < -0.4 is 0 Å². The zero-order valence-corrected chi connectivity index (χ0v) is 29.3. The van der Waals surface area contributed by atoms with E-state index in [-0.39, 0.29) is 59.7 Å². The molecule has 0 aromatic heterocycles. The molecule has 0 aliphatic heterocycles. The predicted molar refractivity (Wildman–Crippen MR) is 178 cm³/mol. The van der Waals surface area contributed by atoms with Gasteiger partial charge in [-0.1, -0.05) is 107 Å². The minimum absolute atomic E-state index is 0.139. The molecule has 0 saturated heterocycles. The Kier molecular flexibility index (Phi) is 11.9. The van der Waals surface area contributed by atoms with Crippen LogP contribution in [0.3, 0.4) is 0 Å². The van der Waals surface area contributed by atoms with Crippen LogP contribution in [0.5, 0.6) is 11.5 Å². The second-order valence-electron chi connectivity index (χ2n) is 15.5. The number of rotatable bonds is 10. The van der Waals surface area contributed by atoms with Gasteiger partial charge in [0.25, 0.3) is 0 Å². The third kappa shape index (κ3) is 10.8. The average Bonchev–Trinajstić information content (AvgIpc) is 2.82. The van der Waals surface area contributed by atoms with Crippen LogP contribution in [0.2, 0.25) is 0 Å². The SMILES string of the molecule is CC(C)(C)c1cc(CC(=O)OCCSCCOC(=O)Cc2cc(C(C)(C)C)c(O)c(C(C)(C)C)c2)cc(C(C)(C)C)c1O. The number of phenolic OH excluding ortho intramolecular Hbond substituents is 2. The molecule has 6 nitrogen and oxygen atoms in total. The first-order valence-corrected chi connectivity index (χ1v) is 16.3. The molecule has 0 radical (unpaired) electrons. The number of hydrogen-bond donors (Lipinski definition) is 2. The highest BCUT2D eigenvalue weighted by Crippen LogP contribution is 2.41. The van der Waals surface area contributed by atoms with Gasteiger partial charge in [-0.05, 0) is 55.0 Å². The molecule has 43 heavy (non-hydrogen) atoms. The van der Waals surface area contributed by atoms with Crippen LogP contribution >= 0.6 is 11.8 Å². The van der Waals surface area contributed by atoms with Crippen LogP contribution in [-0.2, 0) is 53.6 Å².